The lowest BCUT2D eigenvalue weighted by molar-refractivity contribution is 0.400. The van der Waals surface area contributed by atoms with E-state index in [1.54, 1.807) is 7.05 Å². The van der Waals surface area contributed by atoms with Gasteiger partial charge in [0.2, 0.25) is 10.0 Å². The van der Waals surface area contributed by atoms with Gasteiger partial charge < -0.3 is 5.32 Å². The van der Waals surface area contributed by atoms with Crippen LogP contribution in [0.3, 0.4) is 0 Å². The van der Waals surface area contributed by atoms with Crippen molar-refractivity contribution in [3.05, 3.63) is 28.5 Å². The summed E-state index contributed by atoms with van der Waals surface area (Å²) in [7, 11) is -2.10. The lowest BCUT2D eigenvalue weighted by Gasteiger charge is -2.26. The summed E-state index contributed by atoms with van der Waals surface area (Å²) in [6.07, 6.45) is 2.02. The molecule has 21 heavy (non-hydrogen) atoms. The normalized spacial score (nSPS) is 16.2. The highest BCUT2D eigenvalue weighted by atomic mass is 35.5. The lowest BCUT2D eigenvalue weighted by atomic mass is 10.0. The number of hydrogen-bond donors (Lipinski definition) is 2. The third-order valence-electron chi connectivity index (χ3n) is 3.75. The van der Waals surface area contributed by atoms with Crippen LogP contribution in [0.25, 0.3) is 0 Å². The van der Waals surface area contributed by atoms with Crippen LogP contribution in [0.15, 0.2) is 17.0 Å². The molecule has 0 aromatic heterocycles. The Morgan fingerprint density at radius 1 is 1.38 bits per heavy atom. The molecule has 0 radical (unpaired) electrons. The number of sulfonamides is 1. The van der Waals surface area contributed by atoms with Gasteiger partial charge in [-0.05, 0) is 57.4 Å². The van der Waals surface area contributed by atoms with Crippen LogP contribution < -0.4 is 10.0 Å². The standard InChI is InChI=1S/C14H20ClFN2O2S/c1-14(2,10-4-5-10)18-21(19,20)11-6-9(8-17-3)13(15)12(16)7-11/h6-7,10,17-18H,4-5,8H2,1-3H3. The van der Waals surface area contributed by atoms with Crippen LogP contribution in [0, 0.1) is 11.7 Å². The highest BCUT2D eigenvalue weighted by molar-refractivity contribution is 7.89. The average Bonchev–Trinajstić information content (AvgIpc) is 3.18. The molecule has 0 spiro atoms. The highest BCUT2D eigenvalue weighted by Crippen LogP contribution is 2.40. The molecule has 4 nitrogen and oxygen atoms in total. The van der Waals surface area contributed by atoms with Gasteiger partial charge in [0.15, 0.2) is 0 Å². The predicted molar refractivity (Wildman–Crippen MR) is 81.3 cm³/mol. The fourth-order valence-electron chi connectivity index (χ4n) is 2.39. The SMILES string of the molecule is CNCc1cc(S(=O)(=O)NC(C)(C)C2CC2)cc(F)c1Cl. The molecule has 0 aliphatic heterocycles. The van der Waals surface area contributed by atoms with Crippen LogP contribution in [0.1, 0.15) is 32.3 Å². The van der Waals surface area contributed by atoms with E-state index >= 15 is 0 Å². The zero-order valence-corrected chi connectivity index (χ0v) is 13.9. The molecule has 0 saturated heterocycles. The Bertz CT molecular complexity index is 643. The first-order valence-corrected chi connectivity index (χ1v) is 8.70. The molecule has 1 fully saturated rings. The quantitative estimate of drug-likeness (QED) is 0.841. The van der Waals surface area contributed by atoms with Gasteiger partial charge in [0.1, 0.15) is 5.82 Å². The summed E-state index contributed by atoms with van der Waals surface area (Å²) in [5.74, 6) is -0.393. The van der Waals surface area contributed by atoms with Gasteiger partial charge in [-0.25, -0.2) is 17.5 Å². The van der Waals surface area contributed by atoms with Crippen LogP contribution in [0.5, 0.6) is 0 Å². The van der Waals surface area contributed by atoms with Crippen molar-refractivity contribution in [2.75, 3.05) is 7.05 Å². The molecule has 0 unspecified atom stereocenters. The molecule has 0 atom stereocenters. The van der Waals surface area contributed by atoms with E-state index in [9.17, 15) is 12.8 Å². The van der Waals surface area contributed by atoms with Crippen LogP contribution in [0.4, 0.5) is 4.39 Å². The summed E-state index contributed by atoms with van der Waals surface area (Å²) in [6, 6.07) is 2.38. The van der Waals surface area contributed by atoms with Crippen LogP contribution in [-0.4, -0.2) is 21.0 Å². The molecule has 0 amide bonds. The third kappa shape index (κ3) is 3.74. The third-order valence-corrected chi connectivity index (χ3v) is 5.82. The number of nitrogens with one attached hydrogen (secondary N) is 2. The molecule has 1 aliphatic rings. The Hall–Kier alpha value is -0.690. The Morgan fingerprint density at radius 3 is 2.52 bits per heavy atom. The number of halogens is 2. The first kappa shape index (κ1) is 16.7. The van der Waals surface area contributed by atoms with Gasteiger partial charge in [0, 0.05) is 12.1 Å². The smallest absolute Gasteiger partial charge is 0.241 e. The zero-order chi connectivity index (χ0) is 15.8. The zero-order valence-electron chi connectivity index (χ0n) is 12.3. The minimum Gasteiger partial charge on any atom is -0.316 e. The van der Waals surface area contributed by atoms with Crippen LogP contribution in [0.2, 0.25) is 5.02 Å². The minimum absolute atomic E-state index is 0.0512. The molecular formula is C14H20ClFN2O2S. The summed E-state index contributed by atoms with van der Waals surface area (Å²) < 4.78 is 41.4. The predicted octanol–water partition coefficient (Wildman–Crippen LogP) is 2.67. The summed E-state index contributed by atoms with van der Waals surface area (Å²) in [5.41, 5.74) is -0.109. The average molecular weight is 335 g/mol. The van der Waals surface area contributed by atoms with E-state index in [2.05, 4.69) is 10.0 Å². The Labute approximate surface area is 130 Å². The highest BCUT2D eigenvalue weighted by Gasteiger charge is 2.40. The molecule has 1 aromatic rings. The van der Waals surface area contributed by atoms with E-state index in [-0.39, 0.29) is 9.92 Å². The first-order chi connectivity index (χ1) is 9.67. The van der Waals surface area contributed by atoms with E-state index in [0.717, 1.165) is 18.9 Å². The fourth-order valence-corrected chi connectivity index (χ4v) is 4.10. The second-order valence-corrected chi connectivity index (χ2v) is 8.07. The molecule has 118 valence electrons. The van der Waals surface area contributed by atoms with Crippen molar-refractivity contribution >= 4 is 21.6 Å². The summed E-state index contributed by atoms with van der Waals surface area (Å²) >= 11 is 5.86. The van der Waals surface area contributed by atoms with E-state index in [0.29, 0.717) is 18.0 Å². The number of hydrogen-bond acceptors (Lipinski definition) is 3. The second-order valence-electron chi connectivity index (χ2n) is 6.01. The molecule has 1 saturated carbocycles. The van der Waals surface area contributed by atoms with Crippen LogP contribution in [-0.2, 0) is 16.6 Å². The van der Waals surface area contributed by atoms with Gasteiger partial charge in [-0.2, -0.15) is 0 Å². The van der Waals surface area contributed by atoms with Crippen molar-refractivity contribution in [2.45, 2.75) is 43.7 Å². The summed E-state index contributed by atoms with van der Waals surface area (Å²) in [6.45, 7) is 4.00. The molecule has 1 aromatic carbocycles. The maximum atomic E-state index is 13.8. The Morgan fingerprint density at radius 2 is 2.00 bits per heavy atom. The topological polar surface area (TPSA) is 58.2 Å². The van der Waals surface area contributed by atoms with Crippen molar-refractivity contribution in [1.29, 1.82) is 0 Å². The van der Waals surface area contributed by atoms with Crippen molar-refractivity contribution in [2.24, 2.45) is 5.92 Å². The van der Waals surface area contributed by atoms with Gasteiger partial charge in [0.05, 0.1) is 9.92 Å². The molecule has 2 rings (SSSR count). The van der Waals surface area contributed by atoms with Gasteiger partial charge in [-0.1, -0.05) is 11.6 Å². The minimum atomic E-state index is -3.78. The van der Waals surface area contributed by atoms with Crippen molar-refractivity contribution < 1.29 is 12.8 Å². The van der Waals surface area contributed by atoms with Gasteiger partial charge >= 0.3 is 0 Å². The lowest BCUT2D eigenvalue weighted by Crippen LogP contribution is -2.45. The number of rotatable bonds is 6. The van der Waals surface area contributed by atoms with E-state index in [1.165, 1.54) is 6.07 Å². The van der Waals surface area contributed by atoms with Crippen LogP contribution >= 0.6 is 11.6 Å². The molecule has 7 heteroatoms. The summed E-state index contributed by atoms with van der Waals surface area (Å²) in [5, 5.41) is 2.79. The van der Waals surface area contributed by atoms with E-state index < -0.39 is 21.4 Å². The Kier molecular flexibility index (Phi) is 4.63. The van der Waals surface area contributed by atoms with Crippen molar-refractivity contribution in [3.8, 4) is 0 Å². The molecule has 1 aliphatic carbocycles. The van der Waals surface area contributed by atoms with Gasteiger partial charge in [-0.15, -0.1) is 0 Å². The fraction of sp³-hybridized carbons (Fsp3) is 0.571. The largest absolute Gasteiger partial charge is 0.316 e. The second kappa shape index (κ2) is 5.83. The number of benzene rings is 1. The Balaban J connectivity index is 2.35. The molecule has 2 N–H and O–H groups in total. The molecule has 0 heterocycles. The van der Waals surface area contributed by atoms with Gasteiger partial charge in [-0.3, -0.25) is 0 Å². The van der Waals surface area contributed by atoms with Crippen molar-refractivity contribution in [1.82, 2.24) is 10.0 Å². The van der Waals surface area contributed by atoms with Crippen molar-refractivity contribution in [3.63, 3.8) is 0 Å². The van der Waals surface area contributed by atoms with E-state index in [1.807, 2.05) is 13.8 Å². The van der Waals surface area contributed by atoms with Gasteiger partial charge in [0.25, 0.3) is 0 Å². The van der Waals surface area contributed by atoms with E-state index in [4.69, 9.17) is 11.6 Å². The first-order valence-electron chi connectivity index (χ1n) is 6.84. The summed E-state index contributed by atoms with van der Waals surface area (Å²) in [4.78, 5) is -0.0941. The molecule has 0 bridgehead atoms. The monoisotopic (exact) mass is 334 g/mol. The maximum absolute atomic E-state index is 13.8. The maximum Gasteiger partial charge on any atom is 0.241 e. The molecular weight excluding hydrogens is 315 g/mol.